The van der Waals surface area contributed by atoms with E-state index in [1.807, 2.05) is 188 Å². The van der Waals surface area contributed by atoms with Crippen LogP contribution in [0.1, 0.15) is 42.2 Å². The molecule has 0 radical (unpaired) electrons. The van der Waals surface area contributed by atoms with Crippen LogP contribution in [0.2, 0.25) is 0 Å². The highest BCUT2D eigenvalue weighted by Gasteiger charge is 2.24. The number of hydrogen-bond donors (Lipinski definition) is 3. The fourth-order valence-electron chi connectivity index (χ4n) is 13.9. The van der Waals surface area contributed by atoms with Crippen LogP contribution in [-0.2, 0) is 0 Å². The van der Waals surface area contributed by atoms with Gasteiger partial charge >= 0.3 is 0 Å². The highest BCUT2D eigenvalue weighted by Crippen LogP contribution is 2.50. The van der Waals surface area contributed by atoms with Crippen molar-refractivity contribution in [3.63, 3.8) is 0 Å². The maximum Gasteiger partial charge on any atom is 0.187 e. The molecule has 0 heterocycles. The fraction of sp³-hybridized carbons (Fsp3) is 0.0490. The molecule has 0 aliphatic rings. The van der Waals surface area contributed by atoms with Gasteiger partial charge in [0.05, 0.1) is 54.4 Å². The minimum absolute atomic E-state index is 0.617. The Kier molecular flexibility index (Phi) is 26.0. The number of anilines is 11. The largest absolute Gasteiger partial charge is 0.399 e. The summed E-state index contributed by atoms with van der Waals surface area (Å²) < 4.78 is 9.11. The molecule has 0 atom stereocenters. The second-order valence-electron chi connectivity index (χ2n) is 26.9. The molecule has 0 spiro atoms. The van der Waals surface area contributed by atoms with Crippen LogP contribution >= 0.6 is 47.8 Å². The van der Waals surface area contributed by atoms with Crippen molar-refractivity contribution in [2.45, 2.75) is 35.1 Å². The maximum atomic E-state index is 9.51. The first-order valence-electron chi connectivity index (χ1n) is 37.6. The molecule has 0 saturated carbocycles. The summed E-state index contributed by atoms with van der Waals surface area (Å²) in [4.78, 5) is 14.8. The Labute approximate surface area is 698 Å². The average Bonchev–Trinajstić information content (AvgIpc) is 0.720. The summed E-state index contributed by atoms with van der Waals surface area (Å²) in [7, 11) is 1.25. The molecule has 556 valence electrons. The van der Waals surface area contributed by atoms with Gasteiger partial charge in [-0.05, 0) is 262 Å². The average molecular weight is 1680 g/mol. The van der Waals surface area contributed by atoms with Crippen molar-refractivity contribution in [1.82, 2.24) is 0 Å². The van der Waals surface area contributed by atoms with Crippen LogP contribution in [0.15, 0.2) is 359 Å². The molecule has 0 saturated heterocycles. The molecule has 18 rings (SSSR count). The molecule has 0 fully saturated rings. The Bertz CT molecular complexity index is 6160. The number of nitrogens with two attached hydrogens (primary N) is 1. The number of nitrogen functional groups attached to an aromatic ring is 1. The van der Waals surface area contributed by atoms with Gasteiger partial charge in [0.2, 0.25) is 0 Å². The lowest BCUT2D eigenvalue weighted by molar-refractivity contribution is 1.29. The van der Waals surface area contributed by atoms with E-state index in [0.717, 1.165) is 77.8 Å². The minimum Gasteiger partial charge on any atom is -0.399 e. The Hall–Kier alpha value is -14.1. The first kappa shape index (κ1) is 79.0. The van der Waals surface area contributed by atoms with E-state index in [2.05, 4.69) is 244 Å². The predicted molar refractivity (Wildman–Crippen MR) is 496 cm³/mol. The van der Waals surface area contributed by atoms with Crippen molar-refractivity contribution >= 4 is 192 Å². The smallest absolute Gasteiger partial charge is 0.187 e. The van der Waals surface area contributed by atoms with Crippen LogP contribution in [0, 0.1) is 70.1 Å². The van der Waals surface area contributed by atoms with Crippen molar-refractivity contribution in [1.29, 1.82) is 10.5 Å². The third-order valence-electron chi connectivity index (χ3n) is 19.4. The second-order valence-corrected chi connectivity index (χ2v) is 29.5. The number of benzene rings is 18. The number of nitrogens with zero attached hydrogens (tertiary/aromatic N) is 7. The zero-order chi connectivity index (χ0) is 81.6. The van der Waals surface area contributed by atoms with Gasteiger partial charge in [-0.25, -0.2) is 14.5 Å². The summed E-state index contributed by atoms with van der Waals surface area (Å²) in [5, 5.41) is 39.9. The van der Waals surface area contributed by atoms with Gasteiger partial charge in [0, 0.05) is 76.7 Å². The minimum atomic E-state index is 0.617. The molecule has 0 unspecified atom stereocenters. The van der Waals surface area contributed by atoms with Gasteiger partial charge in [0.15, 0.2) is 17.1 Å². The molecule has 0 aliphatic carbocycles. The van der Waals surface area contributed by atoms with Gasteiger partial charge < -0.3 is 26.2 Å². The summed E-state index contributed by atoms with van der Waals surface area (Å²) in [5.41, 5.74) is 24.8. The number of para-hydroxylation sites is 5. The quantitative estimate of drug-likeness (QED) is 0.0709. The molecule has 13 heteroatoms. The SMILES string of the molecule is Cc1cc(Br)c2ccc3c(C)cc(Br)c4ccc1c2c34.N#Cc1ccc(Nc2ccccc2)cc1.Nc1ccccc1.[2H]C.[C-]#[N+]c1ccc(Br)cc1.[C-]#[N+]c1ccc(N(c2ccccc2)c2cc(C)c3ccc4c(N(c5ccccc5)c5ccc(C#N)cc5)cc(C)c5ccc2c3c54)cc1.[C-]#[N+]c1ccc(Nc2ccccc2)cc1. The summed E-state index contributed by atoms with van der Waals surface area (Å²) in [6, 6.07) is 119. The van der Waals surface area contributed by atoms with E-state index in [9.17, 15) is 5.26 Å². The van der Waals surface area contributed by atoms with E-state index in [0.29, 0.717) is 28.2 Å². The van der Waals surface area contributed by atoms with Crippen molar-refractivity contribution in [3.05, 3.63) is 427 Å². The van der Waals surface area contributed by atoms with E-state index < -0.39 is 0 Å². The van der Waals surface area contributed by atoms with Crippen molar-refractivity contribution in [2.75, 3.05) is 26.2 Å². The van der Waals surface area contributed by atoms with Gasteiger partial charge in [-0.15, -0.1) is 0 Å². The first-order chi connectivity index (χ1) is 56.6. The third-order valence-corrected chi connectivity index (χ3v) is 21.2. The van der Waals surface area contributed by atoms with E-state index in [4.69, 9.17) is 32.1 Å². The van der Waals surface area contributed by atoms with Gasteiger partial charge in [-0.1, -0.05) is 243 Å². The molecular weight excluding hydrogens is 1600 g/mol. The fourth-order valence-corrected chi connectivity index (χ4v) is 15.5. The van der Waals surface area contributed by atoms with Gasteiger partial charge in [0.25, 0.3) is 0 Å². The molecule has 0 aliphatic heterocycles. The predicted octanol–water partition coefficient (Wildman–Crippen LogP) is 31.5. The summed E-state index contributed by atoms with van der Waals surface area (Å²) in [6.07, 6.45) is 0. The van der Waals surface area contributed by atoms with Gasteiger partial charge in [-0.2, -0.15) is 10.5 Å². The Balaban J connectivity index is 0.000000149. The topological polar surface area (TPSA) is 117 Å². The number of hydrogen-bond acceptors (Lipinski definition) is 7. The molecule has 115 heavy (non-hydrogen) atoms. The number of nitrogens with one attached hydrogen (secondary N) is 2. The molecule has 0 bridgehead atoms. The van der Waals surface area contributed by atoms with Crippen LogP contribution in [0.3, 0.4) is 0 Å². The van der Waals surface area contributed by atoms with E-state index in [1.165, 1.54) is 92.5 Å². The number of nitriles is 2. The zero-order valence-electron chi connectivity index (χ0n) is 64.8. The monoisotopic (exact) mass is 1680 g/mol. The van der Waals surface area contributed by atoms with Crippen molar-refractivity contribution in [2.24, 2.45) is 0 Å². The molecule has 18 aromatic rings. The van der Waals surface area contributed by atoms with Crippen LogP contribution in [0.4, 0.5) is 79.6 Å². The first-order valence-corrected chi connectivity index (χ1v) is 39.0. The molecule has 18 aromatic carbocycles. The van der Waals surface area contributed by atoms with Crippen molar-refractivity contribution < 1.29 is 1.37 Å². The number of rotatable bonds is 10. The zero-order valence-corrected chi connectivity index (χ0v) is 68.5. The lowest BCUT2D eigenvalue weighted by Gasteiger charge is -2.30. The number of aryl methyl sites for hydroxylation is 4. The third kappa shape index (κ3) is 18.8. The summed E-state index contributed by atoms with van der Waals surface area (Å²) in [6.45, 7) is 29.7. The molecule has 4 N–H and O–H groups in total. The Morgan fingerprint density at radius 3 is 0.922 bits per heavy atom. The number of halogens is 3. The molecule has 10 nitrogen and oxygen atoms in total. The van der Waals surface area contributed by atoms with Gasteiger partial charge in [0.1, 0.15) is 0 Å². The standard InChI is InChI=1S/C44H30N4.C18H12Br2.2C13H10N2.C7H4BrN.C6H7N.CH4/c1-29-26-41(47(33-10-6-4-7-11-33)35-18-14-31(28-45)15-19-35)39-24-22-38-30(2)27-42(40-25-23-37(29)43(39)44(38)40)48(34-12-8-5-9-13-34)36-20-16-32(46-3)17-21-36;1-9-7-15(19)13-6-4-12-10(2)8-16(20)14-5-3-11(9)17(13)18(12)14;1-14-11-7-9-13(10-8-11)15-12-5-3-2-4-6-12;14-10-11-6-8-13(9-7-11)15-12-4-2-1-3-5-12;1-9-7-4-2-6(8)3-5-7;7-6-4-2-1-3-5-6;/h4-27H,1-2H3;3-8H,1-2H3;2-10,15H;1-9,15H;2-5H;1-5H,7H2;1H4/i;;;;;;1D. The highest BCUT2D eigenvalue weighted by molar-refractivity contribution is 9.11. The van der Waals surface area contributed by atoms with E-state index in [-0.39, 0.29) is 0 Å². The lowest BCUT2D eigenvalue weighted by Crippen LogP contribution is -2.12. The maximum absolute atomic E-state index is 9.51. The lowest BCUT2D eigenvalue weighted by atomic mass is 9.88. The normalized spacial score (nSPS) is 10.4. The van der Waals surface area contributed by atoms with Crippen LogP contribution in [0.25, 0.3) is 79.2 Å². The molecule has 0 amide bonds. The van der Waals surface area contributed by atoms with E-state index >= 15 is 0 Å². The second kappa shape index (κ2) is 37.8. The highest BCUT2D eigenvalue weighted by atomic mass is 79.9. The van der Waals surface area contributed by atoms with Crippen molar-refractivity contribution in [3.8, 4) is 12.1 Å². The summed E-state index contributed by atoms with van der Waals surface area (Å²) >= 11 is 10.7. The van der Waals surface area contributed by atoms with E-state index in [1.54, 1.807) is 36.4 Å². The Morgan fingerprint density at radius 2 is 0.583 bits per heavy atom. The van der Waals surface area contributed by atoms with Crippen LogP contribution in [0.5, 0.6) is 0 Å². The molecular formula is C102H77Br3N10. The van der Waals surface area contributed by atoms with Crippen LogP contribution < -0.4 is 26.2 Å². The Morgan fingerprint density at radius 1 is 0.322 bits per heavy atom. The van der Waals surface area contributed by atoms with Crippen LogP contribution in [-0.4, -0.2) is 0 Å². The van der Waals surface area contributed by atoms with Gasteiger partial charge in [-0.3, -0.25) is 0 Å². The molecule has 0 aromatic heterocycles. The summed E-state index contributed by atoms with van der Waals surface area (Å²) in [5.74, 6) is 0.